The average molecular weight is 379 g/mol. The van der Waals surface area contributed by atoms with Crippen molar-refractivity contribution in [1.29, 1.82) is 0 Å². The molecule has 0 aliphatic carbocycles. The minimum atomic E-state index is -0.449. The van der Waals surface area contributed by atoms with Crippen molar-refractivity contribution in [2.75, 3.05) is 5.32 Å². The summed E-state index contributed by atoms with van der Waals surface area (Å²) in [5, 5.41) is 8.09. The molecule has 1 atom stereocenters. The monoisotopic (exact) mass is 378 g/mol. The summed E-state index contributed by atoms with van der Waals surface area (Å²) in [6, 6.07) is 8.10. The fourth-order valence-corrected chi connectivity index (χ4v) is 2.98. The van der Waals surface area contributed by atoms with Crippen LogP contribution >= 0.6 is 23.2 Å². The minimum Gasteiger partial charge on any atom is -0.367 e. The molecule has 2 heterocycles. The molecule has 0 bridgehead atoms. The summed E-state index contributed by atoms with van der Waals surface area (Å²) in [4.78, 5) is 4.60. The SMILES string of the molecule is CCC(C)Nc1nc(-n2cccn2)cc(Cl)c1-c1c(F)cccc1Cl. The third-order valence-electron chi connectivity index (χ3n) is 3.91. The van der Waals surface area contributed by atoms with Crippen molar-refractivity contribution < 1.29 is 4.39 Å². The number of nitrogens with one attached hydrogen (secondary N) is 1. The molecule has 0 saturated heterocycles. The van der Waals surface area contributed by atoms with E-state index in [9.17, 15) is 4.39 Å². The molecule has 4 nitrogen and oxygen atoms in total. The van der Waals surface area contributed by atoms with Crippen molar-refractivity contribution in [3.05, 3.63) is 58.6 Å². The first-order valence-corrected chi connectivity index (χ1v) is 8.68. The summed E-state index contributed by atoms with van der Waals surface area (Å²) in [7, 11) is 0. The molecular formula is C18H17Cl2FN4. The van der Waals surface area contributed by atoms with Crippen LogP contribution in [0.2, 0.25) is 10.0 Å². The molecule has 25 heavy (non-hydrogen) atoms. The number of nitrogens with zero attached hydrogens (tertiary/aromatic N) is 3. The second kappa shape index (κ2) is 7.42. The summed E-state index contributed by atoms with van der Waals surface area (Å²) >= 11 is 12.8. The quantitative estimate of drug-likeness (QED) is 0.628. The summed E-state index contributed by atoms with van der Waals surface area (Å²) in [5.74, 6) is 0.562. The highest BCUT2D eigenvalue weighted by Gasteiger charge is 2.21. The standard InChI is InChI=1S/C18H17Cl2FN4/c1-3-11(2)23-18-17(16-12(19)6-4-7-14(16)21)13(20)10-15(24-18)25-9-5-8-22-25/h4-11H,3H2,1-2H3,(H,23,24). The fraction of sp³-hybridized carbons (Fsp3) is 0.222. The third kappa shape index (κ3) is 3.62. The molecule has 1 unspecified atom stereocenters. The van der Waals surface area contributed by atoms with Gasteiger partial charge < -0.3 is 5.32 Å². The van der Waals surface area contributed by atoms with Crippen molar-refractivity contribution >= 4 is 29.0 Å². The highest BCUT2D eigenvalue weighted by atomic mass is 35.5. The number of pyridine rings is 1. The molecule has 0 radical (unpaired) electrons. The summed E-state index contributed by atoms with van der Waals surface area (Å²) in [5.41, 5.74) is 0.681. The van der Waals surface area contributed by atoms with Gasteiger partial charge in [0.1, 0.15) is 11.6 Å². The minimum absolute atomic E-state index is 0.126. The Labute approximate surface area is 155 Å². The number of rotatable bonds is 5. The van der Waals surface area contributed by atoms with Crippen molar-refractivity contribution in [3.8, 4) is 16.9 Å². The van der Waals surface area contributed by atoms with E-state index >= 15 is 0 Å². The van der Waals surface area contributed by atoms with E-state index in [1.165, 1.54) is 6.07 Å². The topological polar surface area (TPSA) is 42.7 Å². The first-order valence-electron chi connectivity index (χ1n) is 7.92. The number of anilines is 1. The maximum atomic E-state index is 14.5. The Balaban J connectivity index is 2.23. The van der Waals surface area contributed by atoms with Gasteiger partial charge in [0.15, 0.2) is 5.82 Å². The number of hydrogen-bond acceptors (Lipinski definition) is 3. The first kappa shape index (κ1) is 17.7. The van der Waals surface area contributed by atoms with Crippen LogP contribution in [0.3, 0.4) is 0 Å². The lowest BCUT2D eigenvalue weighted by atomic mass is 10.0. The van der Waals surface area contributed by atoms with Crippen LogP contribution < -0.4 is 5.32 Å². The maximum absolute atomic E-state index is 14.5. The molecule has 0 spiro atoms. The Morgan fingerprint density at radius 1 is 1.20 bits per heavy atom. The predicted octanol–water partition coefficient (Wildman–Crippen LogP) is 5.59. The van der Waals surface area contributed by atoms with Gasteiger partial charge in [-0.1, -0.05) is 36.2 Å². The molecule has 0 fully saturated rings. The van der Waals surface area contributed by atoms with Crippen LogP contribution in [0, 0.1) is 5.82 Å². The van der Waals surface area contributed by atoms with E-state index in [0.29, 0.717) is 22.2 Å². The Bertz CT molecular complexity index is 861. The molecular weight excluding hydrogens is 362 g/mol. The second-order valence-electron chi connectivity index (χ2n) is 5.69. The van der Waals surface area contributed by atoms with Crippen LogP contribution in [0.4, 0.5) is 10.2 Å². The van der Waals surface area contributed by atoms with E-state index in [2.05, 4.69) is 15.4 Å². The lowest BCUT2D eigenvalue weighted by Crippen LogP contribution is -2.16. The number of hydrogen-bond donors (Lipinski definition) is 1. The first-order chi connectivity index (χ1) is 12.0. The molecule has 0 aliphatic rings. The molecule has 2 aromatic heterocycles. The maximum Gasteiger partial charge on any atom is 0.157 e. The number of halogens is 3. The van der Waals surface area contributed by atoms with Crippen LogP contribution in [0.1, 0.15) is 20.3 Å². The van der Waals surface area contributed by atoms with Crippen molar-refractivity contribution in [2.24, 2.45) is 0 Å². The van der Waals surface area contributed by atoms with Gasteiger partial charge >= 0.3 is 0 Å². The van der Waals surface area contributed by atoms with E-state index < -0.39 is 5.82 Å². The Hall–Kier alpha value is -2.11. The van der Waals surface area contributed by atoms with Crippen molar-refractivity contribution in [1.82, 2.24) is 14.8 Å². The summed E-state index contributed by atoms with van der Waals surface area (Å²) < 4.78 is 16.1. The Morgan fingerprint density at radius 3 is 2.64 bits per heavy atom. The van der Waals surface area contributed by atoms with Gasteiger partial charge in [-0.05, 0) is 31.5 Å². The molecule has 7 heteroatoms. The van der Waals surface area contributed by atoms with Gasteiger partial charge in [0.2, 0.25) is 0 Å². The zero-order chi connectivity index (χ0) is 18.0. The van der Waals surface area contributed by atoms with Crippen molar-refractivity contribution in [2.45, 2.75) is 26.3 Å². The number of benzene rings is 1. The zero-order valence-corrected chi connectivity index (χ0v) is 15.3. The molecule has 0 aliphatic heterocycles. The molecule has 0 saturated carbocycles. The van der Waals surface area contributed by atoms with E-state index in [1.54, 1.807) is 41.3 Å². The van der Waals surface area contributed by atoms with Crippen molar-refractivity contribution in [3.63, 3.8) is 0 Å². The largest absolute Gasteiger partial charge is 0.367 e. The normalized spacial score (nSPS) is 12.2. The summed E-state index contributed by atoms with van der Waals surface area (Å²) in [6.07, 6.45) is 4.29. The van der Waals surface area contributed by atoms with E-state index in [-0.39, 0.29) is 16.6 Å². The zero-order valence-electron chi connectivity index (χ0n) is 13.8. The highest BCUT2D eigenvalue weighted by Crippen LogP contribution is 2.40. The molecule has 0 amide bonds. The van der Waals surface area contributed by atoms with Gasteiger partial charge in [-0.25, -0.2) is 14.1 Å². The average Bonchev–Trinajstić information content (AvgIpc) is 3.11. The second-order valence-corrected chi connectivity index (χ2v) is 6.50. The van der Waals surface area contributed by atoms with Crippen LogP contribution in [0.5, 0.6) is 0 Å². The molecule has 130 valence electrons. The van der Waals surface area contributed by atoms with Gasteiger partial charge in [0, 0.05) is 35.6 Å². The van der Waals surface area contributed by atoms with Gasteiger partial charge in [-0.3, -0.25) is 0 Å². The lowest BCUT2D eigenvalue weighted by Gasteiger charge is -2.19. The highest BCUT2D eigenvalue weighted by molar-refractivity contribution is 6.37. The lowest BCUT2D eigenvalue weighted by molar-refractivity contribution is 0.631. The van der Waals surface area contributed by atoms with Gasteiger partial charge in [-0.2, -0.15) is 5.10 Å². The van der Waals surface area contributed by atoms with Crippen LogP contribution in [-0.2, 0) is 0 Å². The van der Waals surface area contributed by atoms with Crippen LogP contribution in [0.15, 0.2) is 42.7 Å². The predicted molar refractivity (Wildman–Crippen MR) is 100 cm³/mol. The Kier molecular flexibility index (Phi) is 5.25. The van der Waals surface area contributed by atoms with E-state index in [1.807, 2.05) is 13.8 Å². The Morgan fingerprint density at radius 2 is 2.00 bits per heavy atom. The molecule has 3 rings (SSSR count). The fourth-order valence-electron chi connectivity index (χ4n) is 2.44. The van der Waals surface area contributed by atoms with E-state index in [4.69, 9.17) is 23.2 Å². The van der Waals surface area contributed by atoms with Gasteiger partial charge in [0.25, 0.3) is 0 Å². The van der Waals surface area contributed by atoms with Gasteiger partial charge in [0.05, 0.1) is 10.0 Å². The third-order valence-corrected chi connectivity index (χ3v) is 4.52. The van der Waals surface area contributed by atoms with Crippen LogP contribution in [0.25, 0.3) is 16.9 Å². The van der Waals surface area contributed by atoms with E-state index in [0.717, 1.165) is 6.42 Å². The van der Waals surface area contributed by atoms with Crippen LogP contribution in [-0.4, -0.2) is 20.8 Å². The van der Waals surface area contributed by atoms with Gasteiger partial charge in [-0.15, -0.1) is 0 Å². The smallest absolute Gasteiger partial charge is 0.157 e. The summed E-state index contributed by atoms with van der Waals surface area (Å²) in [6.45, 7) is 4.06. The molecule has 3 aromatic rings. The molecule has 1 aromatic carbocycles. The molecule has 1 N–H and O–H groups in total. The number of aromatic nitrogens is 3.